The van der Waals surface area contributed by atoms with Crippen LogP contribution in [0.1, 0.15) is 20.3 Å². The van der Waals surface area contributed by atoms with E-state index in [4.69, 9.17) is 0 Å². The van der Waals surface area contributed by atoms with Gasteiger partial charge < -0.3 is 4.90 Å². The number of aromatic nitrogens is 2. The van der Waals surface area contributed by atoms with Crippen molar-refractivity contribution in [1.29, 1.82) is 0 Å². The van der Waals surface area contributed by atoms with Crippen molar-refractivity contribution < 1.29 is 0 Å². The molecule has 0 spiro atoms. The van der Waals surface area contributed by atoms with Crippen molar-refractivity contribution in [2.45, 2.75) is 20.3 Å². The largest absolute Gasteiger partial charge is 0.356 e. The summed E-state index contributed by atoms with van der Waals surface area (Å²) >= 11 is 3.38. The quantitative estimate of drug-likeness (QED) is 0.735. The summed E-state index contributed by atoms with van der Waals surface area (Å²) in [6, 6.07) is 1.99. The van der Waals surface area contributed by atoms with E-state index in [1.54, 1.807) is 6.33 Å². The Balaban J connectivity index is 2.16. The van der Waals surface area contributed by atoms with Gasteiger partial charge in [0.2, 0.25) is 0 Å². The Kier molecular flexibility index (Phi) is 3.24. The van der Waals surface area contributed by atoms with Crippen LogP contribution in [-0.4, -0.2) is 23.1 Å². The van der Waals surface area contributed by atoms with Crippen molar-refractivity contribution >= 4 is 21.7 Å². The van der Waals surface area contributed by atoms with E-state index in [2.05, 4.69) is 44.6 Å². The van der Waals surface area contributed by atoms with E-state index in [1.165, 1.54) is 6.42 Å². The van der Waals surface area contributed by atoms with E-state index < -0.39 is 0 Å². The topological polar surface area (TPSA) is 29.0 Å². The molecule has 0 N–H and O–H groups in total. The van der Waals surface area contributed by atoms with E-state index in [1.807, 2.05) is 6.07 Å². The molecular formula is C11H16BrN3. The van der Waals surface area contributed by atoms with Crippen molar-refractivity contribution in [3.8, 4) is 0 Å². The highest BCUT2D eigenvalue weighted by atomic mass is 79.9. The fraction of sp³-hybridized carbons (Fsp3) is 0.636. The summed E-state index contributed by atoms with van der Waals surface area (Å²) in [4.78, 5) is 10.7. The van der Waals surface area contributed by atoms with E-state index in [0.29, 0.717) is 0 Å². The van der Waals surface area contributed by atoms with Crippen LogP contribution >= 0.6 is 15.9 Å². The van der Waals surface area contributed by atoms with Gasteiger partial charge in [-0.15, -0.1) is 0 Å². The van der Waals surface area contributed by atoms with Crippen LogP contribution in [0.4, 0.5) is 5.82 Å². The Morgan fingerprint density at radius 1 is 1.27 bits per heavy atom. The summed E-state index contributed by atoms with van der Waals surface area (Å²) in [6.45, 7) is 6.82. The maximum absolute atomic E-state index is 4.32. The lowest BCUT2D eigenvalue weighted by atomic mass is 9.92. The van der Waals surface area contributed by atoms with E-state index in [0.717, 1.165) is 35.3 Å². The predicted molar refractivity (Wildman–Crippen MR) is 64.9 cm³/mol. The molecule has 15 heavy (non-hydrogen) atoms. The number of nitrogens with zero attached hydrogens (tertiary/aromatic N) is 3. The third-order valence-electron chi connectivity index (χ3n) is 2.81. The van der Waals surface area contributed by atoms with Crippen LogP contribution in [0.5, 0.6) is 0 Å². The van der Waals surface area contributed by atoms with Gasteiger partial charge in [-0.05, 0) is 34.2 Å². The predicted octanol–water partition coefficient (Wildman–Crippen LogP) is 2.72. The maximum Gasteiger partial charge on any atom is 0.133 e. The summed E-state index contributed by atoms with van der Waals surface area (Å²) in [5, 5.41) is 0. The van der Waals surface area contributed by atoms with Crippen LogP contribution in [0.3, 0.4) is 0 Å². The Hall–Kier alpha value is -0.640. The molecule has 0 bridgehead atoms. The molecule has 0 aromatic carbocycles. The first-order chi connectivity index (χ1) is 7.15. The van der Waals surface area contributed by atoms with Gasteiger partial charge in [0.15, 0.2) is 0 Å². The second kappa shape index (κ2) is 4.47. The third kappa shape index (κ3) is 2.68. The molecule has 3 nitrogen and oxygen atoms in total. The molecule has 2 rings (SSSR count). The molecule has 0 aliphatic carbocycles. The lowest BCUT2D eigenvalue weighted by Gasteiger charge is -2.35. The number of piperidine rings is 1. The van der Waals surface area contributed by atoms with Gasteiger partial charge in [-0.1, -0.05) is 13.8 Å². The average Bonchev–Trinajstić information content (AvgIpc) is 2.16. The lowest BCUT2D eigenvalue weighted by Crippen LogP contribution is -2.39. The molecule has 2 heterocycles. The summed E-state index contributed by atoms with van der Waals surface area (Å²) in [5.41, 5.74) is 0. The zero-order valence-corrected chi connectivity index (χ0v) is 10.7. The van der Waals surface area contributed by atoms with Gasteiger partial charge >= 0.3 is 0 Å². The molecule has 0 saturated carbocycles. The average molecular weight is 270 g/mol. The van der Waals surface area contributed by atoms with Crippen LogP contribution in [0, 0.1) is 11.8 Å². The van der Waals surface area contributed by atoms with Crippen LogP contribution in [-0.2, 0) is 0 Å². The smallest absolute Gasteiger partial charge is 0.133 e. The van der Waals surface area contributed by atoms with E-state index in [-0.39, 0.29) is 0 Å². The molecular weight excluding hydrogens is 254 g/mol. The second-order valence-electron chi connectivity index (χ2n) is 4.55. The van der Waals surface area contributed by atoms with Crippen molar-refractivity contribution in [2.24, 2.45) is 11.8 Å². The van der Waals surface area contributed by atoms with Gasteiger partial charge in [-0.3, -0.25) is 0 Å². The SMILES string of the molecule is CC1CC(C)CN(c2cc(Br)ncn2)C1. The number of hydrogen-bond acceptors (Lipinski definition) is 3. The number of halogens is 1. The van der Waals surface area contributed by atoms with Gasteiger partial charge in [-0.2, -0.15) is 0 Å². The second-order valence-corrected chi connectivity index (χ2v) is 5.36. The minimum Gasteiger partial charge on any atom is -0.356 e. The third-order valence-corrected chi connectivity index (χ3v) is 3.25. The summed E-state index contributed by atoms with van der Waals surface area (Å²) in [5.74, 6) is 2.54. The zero-order valence-electron chi connectivity index (χ0n) is 9.15. The van der Waals surface area contributed by atoms with Gasteiger partial charge in [0.05, 0.1) is 0 Å². The molecule has 1 aliphatic rings. The fourth-order valence-corrected chi connectivity index (χ4v) is 2.64. The van der Waals surface area contributed by atoms with Crippen molar-refractivity contribution in [3.05, 3.63) is 17.0 Å². The van der Waals surface area contributed by atoms with Gasteiger partial charge in [0.1, 0.15) is 16.7 Å². The van der Waals surface area contributed by atoms with Crippen LogP contribution in [0.25, 0.3) is 0 Å². The molecule has 1 aromatic rings. The molecule has 82 valence electrons. The summed E-state index contributed by atoms with van der Waals surface area (Å²) in [7, 11) is 0. The summed E-state index contributed by atoms with van der Waals surface area (Å²) < 4.78 is 0.860. The molecule has 4 heteroatoms. The normalized spacial score (nSPS) is 26.7. The minimum atomic E-state index is 0.752. The zero-order chi connectivity index (χ0) is 10.8. The van der Waals surface area contributed by atoms with Gasteiger partial charge in [0.25, 0.3) is 0 Å². The molecule has 1 saturated heterocycles. The first-order valence-electron chi connectivity index (χ1n) is 5.37. The molecule has 1 aromatic heterocycles. The Bertz CT molecular complexity index is 332. The van der Waals surface area contributed by atoms with Crippen LogP contribution in [0.15, 0.2) is 17.0 Å². The molecule has 0 radical (unpaired) electrons. The van der Waals surface area contributed by atoms with Crippen LogP contribution < -0.4 is 4.90 Å². The Morgan fingerprint density at radius 3 is 2.53 bits per heavy atom. The standard InChI is InChI=1S/C11H16BrN3/c1-8-3-9(2)6-15(5-8)11-4-10(12)13-7-14-11/h4,7-9H,3,5-6H2,1-2H3. The molecule has 1 aliphatic heterocycles. The maximum atomic E-state index is 4.32. The van der Waals surface area contributed by atoms with E-state index in [9.17, 15) is 0 Å². The molecule has 2 atom stereocenters. The summed E-state index contributed by atoms with van der Waals surface area (Å²) in [6.07, 6.45) is 2.94. The van der Waals surface area contributed by atoms with Gasteiger partial charge in [-0.25, -0.2) is 9.97 Å². The number of rotatable bonds is 1. The first kappa shape index (κ1) is 10.9. The molecule has 2 unspecified atom stereocenters. The van der Waals surface area contributed by atoms with Crippen LogP contribution in [0.2, 0.25) is 0 Å². The fourth-order valence-electron chi connectivity index (χ4n) is 2.35. The minimum absolute atomic E-state index is 0.752. The monoisotopic (exact) mass is 269 g/mol. The lowest BCUT2D eigenvalue weighted by molar-refractivity contribution is 0.355. The number of anilines is 1. The Morgan fingerprint density at radius 2 is 1.93 bits per heavy atom. The van der Waals surface area contributed by atoms with Crippen molar-refractivity contribution in [1.82, 2.24) is 9.97 Å². The van der Waals surface area contributed by atoms with E-state index >= 15 is 0 Å². The van der Waals surface area contributed by atoms with Crippen molar-refractivity contribution in [2.75, 3.05) is 18.0 Å². The highest BCUT2D eigenvalue weighted by Crippen LogP contribution is 2.25. The molecule has 0 amide bonds. The molecule has 1 fully saturated rings. The highest BCUT2D eigenvalue weighted by molar-refractivity contribution is 9.10. The number of hydrogen-bond donors (Lipinski definition) is 0. The highest BCUT2D eigenvalue weighted by Gasteiger charge is 2.22. The Labute approximate surface area is 99.0 Å². The van der Waals surface area contributed by atoms with Gasteiger partial charge in [0, 0.05) is 19.2 Å². The first-order valence-corrected chi connectivity index (χ1v) is 6.17. The van der Waals surface area contributed by atoms with Crippen molar-refractivity contribution in [3.63, 3.8) is 0 Å².